The summed E-state index contributed by atoms with van der Waals surface area (Å²) in [5, 5.41) is 11.3. The second kappa shape index (κ2) is 2.82. The molecule has 0 fully saturated rings. The first-order chi connectivity index (χ1) is 4.33. The van der Waals surface area contributed by atoms with Gasteiger partial charge in [-0.2, -0.15) is 0 Å². The molecule has 0 bridgehead atoms. The molecule has 1 aliphatic rings. The Hall–Kier alpha value is -0.570. The van der Waals surface area contributed by atoms with Gasteiger partial charge in [-0.15, -0.1) is 0 Å². The fraction of sp³-hybridized carbons (Fsp3) is 0.167. The van der Waals surface area contributed by atoms with Crippen LogP contribution in [0.3, 0.4) is 0 Å². The van der Waals surface area contributed by atoms with Crippen LogP contribution < -0.4 is 0 Å². The quantitative estimate of drug-likeness (QED) is 0.455. The molecular weight excluding hydrogens is 182 g/mol. The van der Waals surface area contributed by atoms with E-state index in [1.165, 1.54) is 0 Å². The van der Waals surface area contributed by atoms with Crippen molar-refractivity contribution in [1.29, 1.82) is 0 Å². The molecule has 0 heterocycles. The maximum atomic E-state index is 8.27. The summed E-state index contributed by atoms with van der Waals surface area (Å²) < 4.78 is 1.01. The van der Waals surface area contributed by atoms with E-state index in [9.17, 15) is 0 Å². The second-order valence-electron chi connectivity index (χ2n) is 1.65. The summed E-state index contributed by atoms with van der Waals surface area (Å²) in [6, 6.07) is 0. The second-order valence-corrected chi connectivity index (χ2v) is 2.67. The Labute approximate surface area is 61.7 Å². The molecule has 9 heavy (non-hydrogen) atoms. The fourth-order valence-corrected chi connectivity index (χ4v) is 0.960. The Morgan fingerprint density at radius 1 is 1.78 bits per heavy atom. The molecule has 47 valence electrons. The molecule has 0 unspecified atom stereocenters. The Morgan fingerprint density at radius 2 is 2.56 bits per heavy atom. The minimum Gasteiger partial charge on any atom is -0.411 e. The van der Waals surface area contributed by atoms with Crippen molar-refractivity contribution in [3.05, 3.63) is 22.7 Å². The average Bonchev–Trinajstić information content (AvgIpc) is 1.88. The third-order valence-corrected chi connectivity index (χ3v) is 1.52. The molecule has 0 aromatic rings. The summed E-state index contributed by atoms with van der Waals surface area (Å²) >= 11 is 3.27. The van der Waals surface area contributed by atoms with Crippen molar-refractivity contribution in [2.24, 2.45) is 5.16 Å². The zero-order valence-electron chi connectivity index (χ0n) is 4.63. The zero-order chi connectivity index (χ0) is 6.69. The molecule has 1 aliphatic carbocycles. The van der Waals surface area contributed by atoms with Gasteiger partial charge in [0.1, 0.15) is 0 Å². The van der Waals surface area contributed by atoms with Crippen molar-refractivity contribution in [1.82, 2.24) is 0 Å². The van der Waals surface area contributed by atoms with Crippen LogP contribution in [0.5, 0.6) is 0 Å². The number of hydrogen-bond donors (Lipinski definition) is 1. The molecule has 0 aromatic heterocycles. The van der Waals surface area contributed by atoms with Crippen molar-refractivity contribution in [3.63, 3.8) is 0 Å². The minimum atomic E-state index is 0.560. The Kier molecular flexibility index (Phi) is 2.05. The van der Waals surface area contributed by atoms with Gasteiger partial charge in [-0.05, 0) is 0 Å². The van der Waals surface area contributed by atoms with Crippen LogP contribution in [-0.4, -0.2) is 10.9 Å². The first kappa shape index (κ1) is 6.55. The van der Waals surface area contributed by atoms with Gasteiger partial charge < -0.3 is 5.21 Å². The lowest BCUT2D eigenvalue weighted by Gasteiger charge is -1.99. The molecule has 0 aromatic carbocycles. The lowest BCUT2D eigenvalue weighted by molar-refractivity contribution is 0.318. The standard InChI is InChI=1S/C6H5BrNO/c7-5-2-1-3-6(4-5)8-9/h1-2,9H,4H2. The van der Waals surface area contributed by atoms with E-state index < -0.39 is 0 Å². The van der Waals surface area contributed by atoms with Crippen LogP contribution >= 0.6 is 15.9 Å². The highest BCUT2D eigenvalue weighted by atomic mass is 79.9. The minimum absolute atomic E-state index is 0.560. The number of hydrogen-bond acceptors (Lipinski definition) is 2. The molecule has 1 radical (unpaired) electrons. The van der Waals surface area contributed by atoms with E-state index in [1.807, 2.05) is 6.08 Å². The van der Waals surface area contributed by atoms with E-state index in [2.05, 4.69) is 27.2 Å². The van der Waals surface area contributed by atoms with E-state index in [-0.39, 0.29) is 0 Å². The molecule has 0 saturated carbocycles. The molecule has 0 atom stereocenters. The number of allylic oxidation sites excluding steroid dienone is 4. The highest BCUT2D eigenvalue weighted by Crippen LogP contribution is 2.14. The molecule has 0 spiro atoms. The van der Waals surface area contributed by atoms with Crippen LogP contribution in [0, 0.1) is 6.08 Å². The third-order valence-electron chi connectivity index (χ3n) is 0.971. The van der Waals surface area contributed by atoms with Gasteiger partial charge in [-0.25, -0.2) is 0 Å². The summed E-state index contributed by atoms with van der Waals surface area (Å²) in [5.41, 5.74) is 0.560. The van der Waals surface area contributed by atoms with Crippen molar-refractivity contribution in [3.8, 4) is 0 Å². The summed E-state index contributed by atoms with van der Waals surface area (Å²) in [6.07, 6.45) is 6.98. The molecule has 0 aliphatic heterocycles. The van der Waals surface area contributed by atoms with Gasteiger partial charge in [0.2, 0.25) is 0 Å². The molecule has 2 nitrogen and oxygen atoms in total. The number of halogens is 1. The molecule has 3 heteroatoms. The van der Waals surface area contributed by atoms with Gasteiger partial charge in [0.25, 0.3) is 0 Å². The van der Waals surface area contributed by atoms with Gasteiger partial charge >= 0.3 is 0 Å². The largest absolute Gasteiger partial charge is 0.411 e. The lowest BCUT2D eigenvalue weighted by atomic mass is 10.2. The highest BCUT2D eigenvalue weighted by Gasteiger charge is 2.01. The van der Waals surface area contributed by atoms with Gasteiger partial charge in [0.15, 0.2) is 0 Å². The molecule has 1 N–H and O–H groups in total. The smallest absolute Gasteiger partial charge is 0.0923 e. The molecule has 0 saturated heterocycles. The van der Waals surface area contributed by atoms with Crippen LogP contribution in [0.25, 0.3) is 0 Å². The van der Waals surface area contributed by atoms with Gasteiger partial charge in [0.05, 0.1) is 5.71 Å². The monoisotopic (exact) mass is 186 g/mol. The van der Waals surface area contributed by atoms with Crippen LogP contribution in [0.4, 0.5) is 0 Å². The van der Waals surface area contributed by atoms with Gasteiger partial charge in [-0.1, -0.05) is 33.2 Å². The maximum Gasteiger partial charge on any atom is 0.0923 e. The van der Waals surface area contributed by atoms with Crippen LogP contribution in [0.1, 0.15) is 6.42 Å². The van der Waals surface area contributed by atoms with Crippen LogP contribution in [0.2, 0.25) is 0 Å². The Bertz CT molecular complexity index is 193. The highest BCUT2D eigenvalue weighted by molar-refractivity contribution is 9.11. The molecule has 0 amide bonds. The molecule has 1 rings (SSSR count). The average molecular weight is 187 g/mol. The van der Waals surface area contributed by atoms with Gasteiger partial charge in [0, 0.05) is 17.0 Å². The predicted octanol–water partition coefficient (Wildman–Crippen LogP) is 1.86. The van der Waals surface area contributed by atoms with E-state index in [0.29, 0.717) is 12.1 Å². The van der Waals surface area contributed by atoms with E-state index in [1.54, 1.807) is 6.08 Å². The normalized spacial score (nSPS) is 22.3. The lowest BCUT2D eigenvalue weighted by Crippen LogP contribution is -1.96. The van der Waals surface area contributed by atoms with Crippen molar-refractivity contribution < 1.29 is 5.21 Å². The predicted molar refractivity (Wildman–Crippen MR) is 38.7 cm³/mol. The fourth-order valence-electron chi connectivity index (χ4n) is 0.562. The summed E-state index contributed by atoms with van der Waals surface area (Å²) in [5.74, 6) is 0. The first-order valence-electron chi connectivity index (χ1n) is 2.48. The SMILES string of the molecule is ON=C1[C]=CC=C(Br)C1. The van der Waals surface area contributed by atoms with E-state index >= 15 is 0 Å². The van der Waals surface area contributed by atoms with E-state index in [4.69, 9.17) is 5.21 Å². The summed E-state index contributed by atoms with van der Waals surface area (Å²) in [6.45, 7) is 0. The zero-order valence-corrected chi connectivity index (χ0v) is 6.22. The van der Waals surface area contributed by atoms with Crippen molar-refractivity contribution >= 4 is 21.6 Å². The number of rotatable bonds is 0. The topological polar surface area (TPSA) is 32.6 Å². The molecular formula is C6H5BrNO. The summed E-state index contributed by atoms with van der Waals surface area (Å²) in [4.78, 5) is 0. The number of nitrogens with zero attached hydrogens (tertiary/aromatic N) is 1. The van der Waals surface area contributed by atoms with Crippen LogP contribution in [0.15, 0.2) is 21.8 Å². The summed E-state index contributed by atoms with van der Waals surface area (Å²) in [7, 11) is 0. The Morgan fingerprint density at radius 3 is 3.00 bits per heavy atom. The first-order valence-corrected chi connectivity index (χ1v) is 3.27. The van der Waals surface area contributed by atoms with Crippen molar-refractivity contribution in [2.45, 2.75) is 6.42 Å². The number of oxime groups is 1. The maximum absolute atomic E-state index is 8.27. The Balaban J connectivity index is 2.73. The van der Waals surface area contributed by atoms with Crippen LogP contribution in [-0.2, 0) is 0 Å². The third kappa shape index (κ3) is 1.68. The van der Waals surface area contributed by atoms with Crippen molar-refractivity contribution in [2.75, 3.05) is 0 Å². The van der Waals surface area contributed by atoms with E-state index in [0.717, 1.165) is 4.48 Å². The van der Waals surface area contributed by atoms with Gasteiger partial charge in [-0.3, -0.25) is 0 Å².